The molecule has 0 aliphatic heterocycles. The van der Waals surface area contributed by atoms with E-state index in [1.165, 1.54) is 32.1 Å². The van der Waals surface area contributed by atoms with Gasteiger partial charge in [-0.2, -0.15) is 4.91 Å². The molecule has 0 saturated heterocycles. The number of rotatable bonds is 8. The molecular weight excluding hydrogens is 150 g/mol. The van der Waals surface area contributed by atoms with E-state index < -0.39 is 0 Å². The molecule has 0 fully saturated rings. The van der Waals surface area contributed by atoms with Crippen LogP contribution in [-0.2, 0) is 0 Å². The van der Waals surface area contributed by atoms with Crippen molar-refractivity contribution in [3.8, 4) is 0 Å². The summed E-state index contributed by atoms with van der Waals surface area (Å²) in [5.41, 5.74) is 0. The third kappa shape index (κ3) is 6.32. The first-order chi connectivity index (χ1) is 5.85. The first-order valence-corrected chi connectivity index (χ1v) is 5.14. The standard InChI is InChI=1S/C10H21NO/c1-3-6-10(7-4-2)8-5-9-11-12/h10H,3-9H2,1-2H3. The summed E-state index contributed by atoms with van der Waals surface area (Å²) in [6.45, 7) is 4.95. The summed E-state index contributed by atoms with van der Waals surface area (Å²) < 4.78 is 0. The maximum atomic E-state index is 9.85. The average molecular weight is 171 g/mol. The molecule has 2 nitrogen and oxygen atoms in total. The van der Waals surface area contributed by atoms with Gasteiger partial charge in [-0.15, -0.1) is 0 Å². The summed E-state index contributed by atoms with van der Waals surface area (Å²) in [7, 11) is 0. The highest BCUT2D eigenvalue weighted by Crippen LogP contribution is 2.18. The fourth-order valence-corrected chi connectivity index (χ4v) is 1.69. The second-order valence-corrected chi connectivity index (χ2v) is 3.44. The topological polar surface area (TPSA) is 29.4 Å². The molecule has 0 aliphatic rings. The van der Waals surface area contributed by atoms with Gasteiger partial charge in [0.25, 0.3) is 0 Å². The molecule has 0 bridgehead atoms. The average Bonchev–Trinajstić information content (AvgIpc) is 2.06. The maximum absolute atomic E-state index is 9.85. The van der Waals surface area contributed by atoms with E-state index in [1.54, 1.807) is 0 Å². The zero-order chi connectivity index (χ0) is 9.23. The Labute approximate surface area is 75.7 Å². The van der Waals surface area contributed by atoms with Crippen LogP contribution in [0.3, 0.4) is 0 Å². The lowest BCUT2D eigenvalue weighted by Crippen LogP contribution is -2.00. The van der Waals surface area contributed by atoms with Gasteiger partial charge in [-0.3, -0.25) is 0 Å². The van der Waals surface area contributed by atoms with E-state index in [4.69, 9.17) is 0 Å². The molecule has 0 aromatic rings. The molecule has 0 aromatic carbocycles. The van der Waals surface area contributed by atoms with Crippen LogP contribution in [-0.4, -0.2) is 6.54 Å². The molecule has 0 aliphatic carbocycles. The lowest BCUT2D eigenvalue weighted by atomic mass is 9.93. The van der Waals surface area contributed by atoms with Gasteiger partial charge < -0.3 is 0 Å². The van der Waals surface area contributed by atoms with Gasteiger partial charge in [-0.1, -0.05) is 44.7 Å². The van der Waals surface area contributed by atoms with Crippen molar-refractivity contribution in [2.75, 3.05) is 6.54 Å². The first kappa shape index (κ1) is 11.6. The van der Waals surface area contributed by atoms with Crippen LogP contribution in [0.25, 0.3) is 0 Å². The number of nitrogens with zero attached hydrogens (tertiary/aromatic N) is 1. The predicted octanol–water partition coefficient (Wildman–Crippen LogP) is 3.75. The molecule has 0 atom stereocenters. The SMILES string of the molecule is CCCC(CCC)CCCN=O. The molecule has 0 amide bonds. The summed E-state index contributed by atoms with van der Waals surface area (Å²) in [6.07, 6.45) is 7.32. The van der Waals surface area contributed by atoms with Gasteiger partial charge in [0, 0.05) is 0 Å². The zero-order valence-corrected chi connectivity index (χ0v) is 8.38. The van der Waals surface area contributed by atoms with Gasteiger partial charge in [-0.25, -0.2) is 0 Å². The van der Waals surface area contributed by atoms with Crippen molar-refractivity contribution in [2.45, 2.75) is 52.4 Å². The van der Waals surface area contributed by atoms with Gasteiger partial charge in [0.05, 0.1) is 6.54 Å². The second kappa shape index (κ2) is 8.69. The van der Waals surface area contributed by atoms with Crippen molar-refractivity contribution in [1.82, 2.24) is 0 Å². The predicted molar refractivity (Wildman–Crippen MR) is 53.2 cm³/mol. The summed E-state index contributed by atoms with van der Waals surface area (Å²) in [6, 6.07) is 0. The quantitative estimate of drug-likeness (QED) is 0.404. The van der Waals surface area contributed by atoms with Crippen LogP contribution >= 0.6 is 0 Å². The van der Waals surface area contributed by atoms with Gasteiger partial charge >= 0.3 is 0 Å². The molecule has 0 N–H and O–H groups in total. The molecule has 0 rings (SSSR count). The van der Waals surface area contributed by atoms with E-state index in [9.17, 15) is 4.91 Å². The number of hydrogen-bond donors (Lipinski definition) is 0. The van der Waals surface area contributed by atoms with Crippen LogP contribution in [0.1, 0.15) is 52.4 Å². The molecule has 2 heteroatoms. The van der Waals surface area contributed by atoms with Crippen LogP contribution in [0.4, 0.5) is 0 Å². The van der Waals surface area contributed by atoms with E-state index in [2.05, 4.69) is 19.0 Å². The number of hydrogen-bond acceptors (Lipinski definition) is 2. The Bertz CT molecular complexity index is 98.0. The molecule has 0 radical (unpaired) electrons. The minimum absolute atomic E-state index is 0.504. The van der Waals surface area contributed by atoms with E-state index in [-0.39, 0.29) is 0 Å². The van der Waals surface area contributed by atoms with E-state index in [0.29, 0.717) is 6.54 Å². The third-order valence-corrected chi connectivity index (χ3v) is 2.26. The van der Waals surface area contributed by atoms with Gasteiger partial charge in [0.2, 0.25) is 0 Å². The summed E-state index contributed by atoms with van der Waals surface area (Å²) >= 11 is 0. The maximum Gasteiger partial charge on any atom is 0.0811 e. The van der Waals surface area contributed by atoms with Gasteiger partial charge in [0.1, 0.15) is 0 Å². The zero-order valence-electron chi connectivity index (χ0n) is 8.38. The first-order valence-electron chi connectivity index (χ1n) is 5.14. The number of nitroso groups, excluding NO2 is 1. The van der Waals surface area contributed by atoms with E-state index >= 15 is 0 Å². The highest BCUT2D eigenvalue weighted by molar-refractivity contribution is 4.59. The van der Waals surface area contributed by atoms with Crippen molar-refractivity contribution in [1.29, 1.82) is 0 Å². The summed E-state index contributed by atoms with van der Waals surface area (Å²) in [5, 5.41) is 2.88. The second-order valence-electron chi connectivity index (χ2n) is 3.44. The van der Waals surface area contributed by atoms with Gasteiger partial charge in [0.15, 0.2) is 0 Å². The highest BCUT2D eigenvalue weighted by atomic mass is 16.3. The Morgan fingerprint density at radius 3 is 2.08 bits per heavy atom. The van der Waals surface area contributed by atoms with E-state index in [0.717, 1.165) is 12.3 Å². The fourth-order valence-electron chi connectivity index (χ4n) is 1.69. The van der Waals surface area contributed by atoms with Crippen LogP contribution in [0.15, 0.2) is 5.18 Å². The van der Waals surface area contributed by atoms with Crippen molar-refractivity contribution < 1.29 is 0 Å². The lowest BCUT2D eigenvalue weighted by Gasteiger charge is -2.13. The molecule has 0 aromatic heterocycles. The van der Waals surface area contributed by atoms with Crippen LogP contribution in [0.2, 0.25) is 0 Å². The molecule has 0 unspecified atom stereocenters. The van der Waals surface area contributed by atoms with Crippen LogP contribution in [0.5, 0.6) is 0 Å². The Balaban J connectivity index is 3.40. The Kier molecular flexibility index (Phi) is 8.40. The molecule has 12 heavy (non-hydrogen) atoms. The minimum atomic E-state index is 0.504. The monoisotopic (exact) mass is 171 g/mol. The van der Waals surface area contributed by atoms with Crippen molar-refractivity contribution in [3.05, 3.63) is 4.91 Å². The molecule has 0 saturated carbocycles. The summed E-state index contributed by atoms with van der Waals surface area (Å²) in [5.74, 6) is 0.835. The molecule has 72 valence electrons. The highest BCUT2D eigenvalue weighted by Gasteiger charge is 2.05. The van der Waals surface area contributed by atoms with Crippen LogP contribution in [0, 0.1) is 10.8 Å². The Morgan fingerprint density at radius 1 is 1.08 bits per heavy atom. The Morgan fingerprint density at radius 2 is 1.67 bits per heavy atom. The van der Waals surface area contributed by atoms with Crippen molar-refractivity contribution in [2.24, 2.45) is 11.1 Å². The molecular formula is C10H21NO. The summed E-state index contributed by atoms with van der Waals surface area (Å²) in [4.78, 5) is 9.85. The largest absolute Gasteiger partial charge is 0.151 e. The van der Waals surface area contributed by atoms with Gasteiger partial charge in [-0.05, 0) is 18.8 Å². The lowest BCUT2D eigenvalue weighted by molar-refractivity contribution is 0.402. The molecule has 0 spiro atoms. The van der Waals surface area contributed by atoms with Crippen molar-refractivity contribution in [3.63, 3.8) is 0 Å². The van der Waals surface area contributed by atoms with Crippen molar-refractivity contribution >= 4 is 0 Å². The van der Waals surface area contributed by atoms with E-state index in [1.807, 2.05) is 0 Å². The third-order valence-electron chi connectivity index (χ3n) is 2.26. The molecule has 0 heterocycles. The minimum Gasteiger partial charge on any atom is -0.151 e. The normalized spacial score (nSPS) is 10.6. The fraction of sp³-hybridized carbons (Fsp3) is 1.00. The Hall–Kier alpha value is -0.400. The smallest absolute Gasteiger partial charge is 0.0811 e. The van der Waals surface area contributed by atoms with Crippen LogP contribution < -0.4 is 0 Å².